The van der Waals surface area contributed by atoms with E-state index in [1.807, 2.05) is 0 Å². The summed E-state index contributed by atoms with van der Waals surface area (Å²) in [5.74, 6) is 0.152. The normalized spacial score (nSPS) is 11.7. The first-order chi connectivity index (χ1) is 7.85. The Kier molecular flexibility index (Phi) is 3.05. The van der Waals surface area contributed by atoms with Crippen molar-refractivity contribution in [2.24, 2.45) is 0 Å². The van der Waals surface area contributed by atoms with Crippen molar-refractivity contribution in [2.75, 3.05) is 0 Å². The number of aryl methyl sites for hydroxylation is 1. The van der Waals surface area contributed by atoms with Gasteiger partial charge < -0.3 is 18.7 Å². The Morgan fingerprint density at radius 2 is 2.06 bits per heavy atom. The molecule has 0 atom stereocenters. The van der Waals surface area contributed by atoms with Crippen LogP contribution in [0.4, 0.5) is 0 Å². The Bertz CT molecular complexity index is 672. The van der Waals surface area contributed by atoms with Crippen LogP contribution in [0.5, 0.6) is 5.75 Å². The van der Waals surface area contributed by atoms with Crippen LogP contribution < -0.4 is 10.1 Å². The van der Waals surface area contributed by atoms with Crippen LogP contribution in [0.1, 0.15) is 5.56 Å². The molecule has 0 unspecified atom stereocenters. The van der Waals surface area contributed by atoms with Crippen LogP contribution >= 0.6 is 6.72 Å². The summed E-state index contributed by atoms with van der Waals surface area (Å²) in [6.07, 6.45) is 0. The van der Waals surface area contributed by atoms with Gasteiger partial charge in [0, 0.05) is 29.3 Å². The first kappa shape index (κ1) is 12.3. The van der Waals surface area contributed by atoms with E-state index in [9.17, 15) is 4.79 Å². The van der Waals surface area contributed by atoms with Crippen molar-refractivity contribution in [2.45, 2.75) is 6.92 Å². The topological polar surface area (TPSA) is 79.9 Å². The summed E-state index contributed by atoms with van der Waals surface area (Å²) in [5.41, 5.74) is 0.616. The molecule has 1 aromatic heterocycles. The zero-order valence-corrected chi connectivity index (χ0v) is 10.5. The minimum atomic E-state index is -3.78. The molecule has 0 aliphatic carbocycles. The molecule has 17 heavy (non-hydrogen) atoms. The van der Waals surface area contributed by atoms with Crippen LogP contribution in [-0.2, 0) is 11.8 Å². The van der Waals surface area contributed by atoms with Gasteiger partial charge in [0.05, 0.1) is 0 Å². The van der Waals surface area contributed by atoms with Crippen LogP contribution in [0.3, 0.4) is 0 Å². The average molecular weight is 272 g/mol. The maximum atomic E-state index is 11.2. The minimum Gasteiger partial charge on any atom is -0.424 e. The van der Waals surface area contributed by atoms with Crippen molar-refractivity contribution in [1.82, 2.24) is 0 Å². The summed E-state index contributed by atoms with van der Waals surface area (Å²) in [6, 6.07) is 5.97. The van der Waals surface area contributed by atoms with Gasteiger partial charge in [0.15, 0.2) is 0 Å². The molecule has 90 valence electrons. The summed E-state index contributed by atoms with van der Waals surface area (Å²) in [7, 11) is 0. The molecule has 1 aromatic carbocycles. The maximum absolute atomic E-state index is 11.2. The van der Waals surface area contributed by atoms with E-state index >= 15 is 0 Å². The lowest BCUT2D eigenvalue weighted by molar-refractivity contribution is 0.370. The fourth-order valence-corrected chi connectivity index (χ4v) is 2.15. The second kappa shape index (κ2) is 4.23. The Balaban J connectivity index is 2.58. The highest BCUT2D eigenvalue weighted by atomic mass is 32.5. The number of hydrogen-bond acceptors (Lipinski definition) is 4. The second-order valence-electron chi connectivity index (χ2n) is 3.49. The van der Waals surface area contributed by atoms with Gasteiger partial charge in [0.25, 0.3) is 0 Å². The third-order valence-electron chi connectivity index (χ3n) is 2.15. The SMILES string of the molecule is Cc1cc(=O)oc2cc(OP(O)(O)=S)ccc12. The molecule has 0 saturated heterocycles. The highest BCUT2D eigenvalue weighted by Crippen LogP contribution is 2.38. The Morgan fingerprint density at radius 3 is 2.71 bits per heavy atom. The van der Waals surface area contributed by atoms with Crippen molar-refractivity contribution in [3.8, 4) is 5.75 Å². The lowest BCUT2D eigenvalue weighted by Crippen LogP contribution is -1.98. The number of hydrogen-bond donors (Lipinski definition) is 2. The van der Waals surface area contributed by atoms with Gasteiger partial charge in [-0.2, -0.15) is 0 Å². The molecule has 1 heterocycles. The molecule has 7 heteroatoms. The predicted octanol–water partition coefficient (Wildman–Crippen LogP) is 1.69. The predicted molar refractivity (Wildman–Crippen MR) is 66.6 cm³/mol. The molecule has 5 nitrogen and oxygen atoms in total. The van der Waals surface area contributed by atoms with Gasteiger partial charge in [-0.05, 0) is 24.6 Å². The molecule has 2 N–H and O–H groups in total. The summed E-state index contributed by atoms with van der Waals surface area (Å²) in [6.45, 7) is -2.00. The summed E-state index contributed by atoms with van der Waals surface area (Å²) < 4.78 is 9.74. The van der Waals surface area contributed by atoms with Crippen molar-refractivity contribution < 1.29 is 18.7 Å². The number of benzene rings is 1. The number of rotatable bonds is 2. The van der Waals surface area contributed by atoms with Crippen molar-refractivity contribution in [1.29, 1.82) is 0 Å². The zero-order chi connectivity index (χ0) is 12.6. The standard InChI is InChI=1S/C10H9O5PS/c1-6-4-10(11)14-9-5-7(2-3-8(6)9)15-16(12,13)17/h2-5H,1H3,(H2,12,13,17). The molecule has 0 bridgehead atoms. The number of fused-ring (bicyclic) bond motifs is 1. The third kappa shape index (κ3) is 2.92. The molecular formula is C10H9O5PS. The molecule has 0 amide bonds. The molecule has 0 fully saturated rings. The molecule has 0 aliphatic heterocycles. The average Bonchev–Trinajstić information content (AvgIpc) is 2.13. The van der Waals surface area contributed by atoms with Crippen LogP contribution in [0.25, 0.3) is 11.0 Å². The van der Waals surface area contributed by atoms with Crippen LogP contribution in [0.15, 0.2) is 33.5 Å². The van der Waals surface area contributed by atoms with E-state index in [4.69, 9.17) is 18.7 Å². The van der Waals surface area contributed by atoms with Crippen LogP contribution in [0, 0.1) is 6.92 Å². The third-order valence-corrected chi connectivity index (χ3v) is 2.82. The second-order valence-corrected chi connectivity index (χ2v) is 6.08. The largest absolute Gasteiger partial charge is 0.424 e. The van der Waals surface area contributed by atoms with E-state index in [1.165, 1.54) is 18.2 Å². The Morgan fingerprint density at radius 1 is 1.35 bits per heavy atom. The maximum Gasteiger partial charge on any atom is 0.375 e. The van der Waals surface area contributed by atoms with Crippen molar-refractivity contribution in [3.63, 3.8) is 0 Å². The van der Waals surface area contributed by atoms with Gasteiger partial charge in [0.1, 0.15) is 11.3 Å². The van der Waals surface area contributed by atoms with E-state index in [1.54, 1.807) is 13.0 Å². The Labute approximate surface area is 102 Å². The summed E-state index contributed by atoms with van der Waals surface area (Å²) >= 11 is 4.35. The molecular weight excluding hydrogens is 263 g/mol. The lowest BCUT2D eigenvalue weighted by atomic mass is 10.1. The Hall–Kier alpha value is -1.20. The van der Waals surface area contributed by atoms with Gasteiger partial charge in [-0.15, -0.1) is 0 Å². The van der Waals surface area contributed by atoms with Gasteiger partial charge in [-0.25, -0.2) is 4.79 Å². The monoisotopic (exact) mass is 272 g/mol. The van der Waals surface area contributed by atoms with E-state index in [-0.39, 0.29) is 5.75 Å². The van der Waals surface area contributed by atoms with Gasteiger partial charge >= 0.3 is 12.3 Å². The fourth-order valence-electron chi connectivity index (χ4n) is 1.50. The van der Waals surface area contributed by atoms with Gasteiger partial charge in [0.2, 0.25) is 0 Å². The molecule has 0 spiro atoms. The zero-order valence-electron chi connectivity index (χ0n) is 8.78. The van der Waals surface area contributed by atoms with Crippen LogP contribution in [-0.4, -0.2) is 9.79 Å². The van der Waals surface area contributed by atoms with Gasteiger partial charge in [-0.3, -0.25) is 0 Å². The molecule has 2 aromatic rings. The van der Waals surface area contributed by atoms with Crippen LogP contribution in [0.2, 0.25) is 0 Å². The highest BCUT2D eigenvalue weighted by Gasteiger charge is 2.11. The first-order valence-corrected chi connectivity index (χ1v) is 7.27. The molecule has 0 aliphatic rings. The highest BCUT2D eigenvalue weighted by molar-refractivity contribution is 8.06. The fraction of sp³-hybridized carbons (Fsp3) is 0.100. The lowest BCUT2D eigenvalue weighted by Gasteiger charge is -2.10. The summed E-state index contributed by atoms with van der Waals surface area (Å²) in [4.78, 5) is 29.2. The van der Waals surface area contributed by atoms with E-state index in [0.717, 1.165) is 10.9 Å². The van der Waals surface area contributed by atoms with E-state index < -0.39 is 12.3 Å². The van der Waals surface area contributed by atoms with E-state index in [2.05, 4.69) is 11.8 Å². The smallest absolute Gasteiger partial charge is 0.375 e. The molecule has 0 saturated carbocycles. The van der Waals surface area contributed by atoms with E-state index in [0.29, 0.717) is 5.58 Å². The quantitative estimate of drug-likeness (QED) is 0.639. The van der Waals surface area contributed by atoms with Crippen molar-refractivity contribution >= 4 is 29.5 Å². The van der Waals surface area contributed by atoms with Gasteiger partial charge in [-0.1, -0.05) is 0 Å². The minimum absolute atomic E-state index is 0.152. The molecule has 0 radical (unpaired) electrons. The summed E-state index contributed by atoms with van der Waals surface area (Å²) in [5, 5.41) is 0.751. The molecule has 2 rings (SSSR count). The van der Waals surface area contributed by atoms with Crippen molar-refractivity contribution in [3.05, 3.63) is 40.2 Å². The first-order valence-electron chi connectivity index (χ1n) is 4.65.